The molecule has 0 atom stereocenters. The first-order chi connectivity index (χ1) is 8.35. The second-order valence-electron chi connectivity index (χ2n) is 5.04. The molecule has 1 heterocycles. The number of rotatable bonds is 2. The first-order valence-electron chi connectivity index (χ1n) is 5.54. The summed E-state index contributed by atoms with van der Waals surface area (Å²) in [6.45, 7) is 6.21. The van der Waals surface area contributed by atoms with E-state index >= 15 is 0 Å². The molecule has 0 unspecified atom stereocenters. The van der Waals surface area contributed by atoms with E-state index < -0.39 is 0 Å². The highest BCUT2D eigenvalue weighted by molar-refractivity contribution is 7.14. The molecule has 0 bridgehead atoms. The number of hydrogen-bond donors (Lipinski definition) is 1. The highest BCUT2D eigenvalue weighted by atomic mass is 35.5. The number of thiazole rings is 1. The van der Waals surface area contributed by atoms with Crippen molar-refractivity contribution in [3.8, 4) is 11.3 Å². The van der Waals surface area contributed by atoms with Gasteiger partial charge in [0, 0.05) is 16.5 Å². The van der Waals surface area contributed by atoms with E-state index in [4.69, 9.17) is 11.6 Å². The smallest absolute Gasteiger partial charge is 0.183 e. The van der Waals surface area contributed by atoms with Gasteiger partial charge in [-0.3, -0.25) is 0 Å². The van der Waals surface area contributed by atoms with Crippen molar-refractivity contribution in [2.24, 2.45) is 0 Å². The van der Waals surface area contributed by atoms with E-state index in [2.05, 4.69) is 31.1 Å². The minimum absolute atomic E-state index is 0.0400. The van der Waals surface area contributed by atoms with Crippen LogP contribution in [-0.2, 0) is 0 Å². The maximum Gasteiger partial charge on any atom is 0.183 e. The van der Waals surface area contributed by atoms with Gasteiger partial charge in [-0.25, -0.2) is 9.37 Å². The predicted molar refractivity (Wildman–Crippen MR) is 75.9 cm³/mol. The fourth-order valence-electron chi connectivity index (χ4n) is 1.47. The third kappa shape index (κ3) is 3.21. The number of aromatic nitrogens is 1. The summed E-state index contributed by atoms with van der Waals surface area (Å²) in [5.74, 6) is -0.341. The monoisotopic (exact) mass is 284 g/mol. The number of anilines is 1. The quantitative estimate of drug-likeness (QED) is 0.856. The van der Waals surface area contributed by atoms with Crippen LogP contribution in [0.1, 0.15) is 20.8 Å². The van der Waals surface area contributed by atoms with Crippen molar-refractivity contribution < 1.29 is 4.39 Å². The lowest BCUT2D eigenvalue weighted by Crippen LogP contribution is -2.25. The summed E-state index contributed by atoms with van der Waals surface area (Å²) in [5, 5.41) is 6.41. The molecule has 0 amide bonds. The van der Waals surface area contributed by atoms with Gasteiger partial charge < -0.3 is 5.32 Å². The van der Waals surface area contributed by atoms with E-state index in [0.717, 1.165) is 16.4 Å². The molecule has 0 saturated carbocycles. The Kier molecular flexibility index (Phi) is 3.59. The number of benzene rings is 1. The van der Waals surface area contributed by atoms with Crippen molar-refractivity contribution in [1.82, 2.24) is 4.98 Å². The second-order valence-corrected chi connectivity index (χ2v) is 6.30. The normalized spacial score (nSPS) is 11.6. The Balaban J connectivity index is 2.29. The predicted octanol–water partition coefficient (Wildman–Crippen LogP) is 4.81. The van der Waals surface area contributed by atoms with Crippen LogP contribution >= 0.6 is 22.9 Å². The van der Waals surface area contributed by atoms with Gasteiger partial charge in [-0.15, -0.1) is 11.3 Å². The van der Waals surface area contributed by atoms with Crippen LogP contribution in [-0.4, -0.2) is 10.5 Å². The second kappa shape index (κ2) is 4.86. The Morgan fingerprint density at radius 1 is 1.33 bits per heavy atom. The molecule has 1 aromatic heterocycles. The molecule has 1 aromatic carbocycles. The van der Waals surface area contributed by atoms with Crippen LogP contribution < -0.4 is 5.32 Å². The van der Waals surface area contributed by atoms with Crippen LogP contribution in [0, 0.1) is 5.82 Å². The molecular weight excluding hydrogens is 271 g/mol. The Hall–Kier alpha value is -1.13. The number of nitrogens with zero attached hydrogens (tertiary/aromatic N) is 1. The maximum absolute atomic E-state index is 13.0. The van der Waals surface area contributed by atoms with Crippen molar-refractivity contribution in [2.45, 2.75) is 26.3 Å². The molecule has 2 rings (SSSR count). The van der Waals surface area contributed by atoms with Gasteiger partial charge in [0.15, 0.2) is 5.13 Å². The standard InChI is InChI=1S/C13H14ClFN2S/c1-13(2,3)17-12-16-11(7-18-12)9-5-4-8(15)6-10(9)14/h4-7H,1-3H3,(H,16,17). The molecule has 2 nitrogen and oxygen atoms in total. The lowest BCUT2D eigenvalue weighted by Gasteiger charge is -2.19. The van der Waals surface area contributed by atoms with Crippen molar-refractivity contribution in [3.05, 3.63) is 34.4 Å². The summed E-state index contributed by atoms with van der Waals surface area (Å²) in [4.78, 5) is 4.46. The molecular formula is C13H14ClFN2S. The maximum atomic E-state index is 13.0. The number of nitrogens with one attached hydrogen (secondary N) is 1. The molecule has 0 aliphatic heterocycles. The summed E-state index contributed by atoms with van der Waals surface area (Å²) in [6, 6.07) is 4.33. The van der Waals surface area contributed by atoms with Crippen molar-refractivity contribution in [3.63, 3.8) is 0 Å². The van der Waals surface area contributed by atoms with Gasteiger partial charge in [0.25, 0.3) is 0 Å². The summed E-state index contributed by atoms with van der Waals surface area (Å²) in [7, 11) is 0. The van der Waals surface area contributed by atoms with Gasteiger partial charge in [-0.2, -0.15) is 0 Å². The summed E-state index contributed by atoms with van der Waals surface area (Å²) in [5.41, 5.74) is 1.47. The Labute approximate surface area is 115 Å². The van der Waals surface area contributed by atoms with E-state index in [-0.39, 0.29) is 11.4 Å². The molecule has 0 spiro atoms. The zero-order valence-electron chi connectivity index (χ0n) is 10.4. The van der Waals surface area contributed by atoms with Crippen molar-refractivity contribution in [1.29, 1.82) is 0 Å². The molecule has 96 valence electrons. The fraction of sp³-hybridized carbons (Fsp3) is 0.308. The van der Waals surface area contributed by atoms with Crippen LogP contribution in [0.15, 0.2) is 23.6 Å². The lowest BCUT2D eigenvalue weighted by atomic mass is 10.1. The first-order valence-corrected chi connectivity index (χ1v) is 6.80. The third-order valence-electron chi connectivity index (χ3n) is 2.19. The Bertz CT molecular complexity index is 560. The fourth-order valence-corrected chi connectivity index (χ4v) is 2.66. The summed E-state index contributed by atoms with van der Waals surface area (Å²) < 4.78 is 13.0. The Morgan fingerprint density at radius 3 is 2.67 bits per heavy atom. The van der Waals surface area contributed by atoms with Crippen molar-refractivity contribution >= 4 is 28.1 Å². The van der Waals surface area contributed by atoms with Gasteiger partial charge >= 0.3 is 0 Å². The number of hydrogen-bond acceptors (Lipinski definition) is 3. The van der Waals surface area contributed by atoms with Crippen molar-refractivity contribution in [2.75, 3.05) is 5.32 Å². The van der Waals surface area contributed by atoms with Crippen LogP contribution in [0.2, 0.25) is 5.02 Å². The molecule has 18 heavy (non-hydrogen) atoms. The summed E-state index contributed by atoms with van der Waals surface area (Å²) >= 11 is 7.52. The van der Waals surface area contributed by atoms with E-state index in [1.54, 1.807) is 6.07 Å². The third-order valence-corrected chi connectivity index (χ3v) is 3.26. The molecule has 5 heteroatoms. The molecule has 0 aliphatic carbocycles. The number of halogens is 2. The zero-order valence-corrected chi connectivity index (χ0v) is 12.0. The molecule has 0 aliphatic rings. The molecule has 0 fully saturated rings. The topological polar surface area (TPSA) is 24.9 Å². The lowest BCUT2D eigenvalue weighted by molar-refractivity contribution is 0.628. The Morgan fingerprint density at radius 2 is 2.06 bits per heavy atom. The van der Waals surface area contributed by atoms with Crippen LogP contribution in [0.4, 0.5) is 9.52 Å². The van der Waals surface area contributed by atoms with Crippen LogP contribution in [0.25, 0.3) is 11.3 Å². The SMILES string of the molecule is CC(C)(C)Nc1nc(-c2ccc(F)cc2Cl)cs1. The average Bonchev–Trinajstić information content (AvgIpc) is 2.63. The van der Waals surface area contributed by atoms with Gasteiger partial charge in [0.2, 0.25) is 0 Å². The highest BCUT2D eigenvalue weighted by Crippen LogP contribution is 2.31. The zero-order chi connectivity index (χ0) is 13.3. The van der Waals surface area contributed by atoms with Crippen LogP contribution in [0.5, 0.6) is 0 Å². The van der Waals surface area contributed by atoms with E-state index in [9.17, 15) is 4.39 Å². The average molecular weight is 285 g/mol. The van der Waals surface area contributed by atoms with Crippen LogP contribution in [0.3, 0.4) is 0 Å². The molecule has 2 aromatic rings. The van der Waals surface area contributed by atoms with Gasteiger partial charge in [0.1, 0.15) is 5.82 Å². The minimum atomic E-state index is -0.341. The van der Waals surface area contributed by atoms with E-state index in [0.29, 0.717) is 5.02 Å². The molecule has 0 radical (unpaired) electrons. The highest BCUT2D eigenvalue weighted by Gasteiger charge is 2.14. The van der Waals surface area contributed by atoms with E-state index in [1.807, 2.05) is 5.38 Å². The largest absolute Gasteiger partial charge is 0.357 e. The molecule has 1 N–H and O–H groups in total. The molecule has 0 saturated heterocycles. The minimum Gasteiger partial charge on any atom is -0.357 e. The summed E-state index contributed by atoms with van der Waals surface area (Å²) in [6.07, 6.45) is 0. The van der Waals surface area contributed by atoms with Gasteiger partial charge in [-0.1, -0.05) is 11.6 Å². The van der Waals surface area contributed by atoms with E-state index in [1.165, 1.54) is 23.5 Å². The first kappa shape index (κ1) is 13.3. The van der Waals surface area contributed by atoms with Gasteiger partial charge in [-0.05, 0) is 39.0 Å². The van der Waals surface area contributed by atoms with Gasteiger partial charge in [0.05, 0.1) is 10.7 Å².